The fourth-order valence-corrected chi connectivity index (χ4v) is 7.79. The van der Waals surface area contributed by atoms with Crippen LogP contribution in [-0.2, 0) is 36.1 Å². The number of carboxylic acids is 1. The van der Waals surface area contributed by atoms with E-state index in [1.165, 1.54) is 16.4 Å². The quantitative estimate of drug-likeness (QED) is 0.123. The summed E-state index contributed by atoms with van der Waals surface area (Å²) in [5.41, 5.74) is 4.32. The summed E-state index contributed by atoms with van der Waals surface area (Å²) in [6.45, 7) is 0.165. The molecule has 49 heavy (non-hydrogen) atoms. The molecule has 1 heterocycles. The lowest BCUT2D eigenvalue weighted by Gasteiger charge is -2.23. The van der Waals surface area contributed by atoms with E-state index in [-0.39, 0.29) is 25.2 Å². The molecule has 0 aliphatic heterocycles. The van der Waals surface area contributed by atoms with E-state index in [0.29, 0.717) is 51.9 Å². The number of aromatic nitrogens is 1. The summed E-state index contributed by atoms with van der Waals surface area (Å²) in [5, 5.41) is 10.1. The monoisotopic (exact) mass is 746 g/mol. The maximum absolute atomic E-state index is 16.1. The Morgan fingerprint density at radius 2 is 1.47 bits per heavy atom. The normalized spacial score (nSPS) is 13.1. The van der Waals surface area contributed by atoms with Gasteiger partial charge in [0, 0.05) is 35.5 Å². The highest BCUT2D eigenvalue weighted by molar-refractivity contribution is 9.10. The smallest absolute Gasteiger partial charge is 0.337 e. The Kier molecular flexibility index (Phi) is 10.2. The zero-order valence-corrected chi connectivity index (χ0v) is 29.5. The lowest BCUT2D eigenvalue weighted by molar-refractivity contribution is 0.0695. The summed E-state index contributed by atoms with van der Waals surface area (Å²) >= 11 is 3.51. The molecular formula is C38H36BrFN2O6S. The highest BCUT2D eigenvalue weighted by Gasteiger charge is 2.30. The van der Waals surface area contributed by atoms with E-state index >= 15 is 4.39 Å². The molecule has 0 unspecified atom stereocenters. The second-order valence-corrected chi connectivity index (χ2v) is 15.0. The van der Waals surface area contributed by atoms with Crippen molar-refractivity contribution in [2.75, 3.05) is 14.2 Å². The number of carboxylic acid groups (broad SMARTS) is 1. The van der Waals surface area contributed by atoms with Crippen molar-refractivity contribution in [1.29, 1.82) is 0 Å². The van der Waals surface area contributed by atoms with Gasteiger partial charge in [-0.2, -0.15) is 4.31 Å². The van der Waals surface area contributed by atoms with Gasteiger partial charge in [0.1, 0.15) is 22.2 Å². The van der Waals surface area contributed by atoms with Crippen LogP contribution in [0.15, 0.2) is 106 Å². The van der Waals surface area contributed by atoms with Gasteiger partial charge in [-0.3, -0.25) is 0 Å². The summed E-state index contributed by atoms with van der Waals surface area (Å²) in [5.74, 6) is -0.237. The molecule has 254 valence electrons. The number of sulfonamides is 1. The second kappa shape index (κ2) is 14.6. The third kappa shape index (κ3) is 7.90. The first-order valence-corrected chi connectivity index (χ1v) is 18.0. The first-order chi connectivity index (χ1) is 23.5. The van der Waals surface area contributed by atoms with Crippen LogP contribution in [0.3, 0.4) is 0 Å². The molecule has 1 fully saturated rings. The molecule has 0 saturated heterocycles. The molecule has 1 aliphatic rings. The SMILES string of the molecule is COc1ccc(CN(Cc2ccc(OC)cc2)S(=O)(=O)c2ccc(Cn3c(-c4cccc(Br)c4)cc(C(=O)O)c3CC3CC3)cc2F)cc1. The molecular weight excluding hydrogens is 711 g/mol. The van der Waals surface area contributed by atoms with Gasteiger partial charge in [0.15, 0.2) is 0 Å². The van der Waals surface area contributed by atoms with Crippen LogP contribution in [0.25, 0.3) is 11.3 Å². The number of ether oxygens (including phenoxy) is 2. The van der Waals surface area contributed by atoms with E-state index in [1.54, 1.807) is 74.9 Å². The van der Waals surface area contributed by atoms with Crippen molar-refractivity contribution in [2.45, 2.75) is 43.8 Å². The lowest BCUT2D eigenvalue weighted by atomic mass is 10.1. The number of hydrogen-bond donors (Lipinski definition) is 1. The molecule has 4 aromatic carbocycles. The molecule has 5 aromatic rings. The fraction of sp³-hybridized carbons (Fsp3) is 0.237. The van der Waals surface area contributed by atoms with Crippen LogP contribution in [0, 0.1) is 11.7 Å². The third-order valence-electron chi connectivity index (χ3n) is 8.73. The average molecular weight is 748 g/mol. The summed E-state index contributed by atoms with van der Waals surface area (Å²) < 4.78 is 58.9. The van der Waals surface area contributed by atoms with Crippen molar-refractivity contribution in [3.63, 3.8) is 0 Å². The number of aromatic carboxylic acids is 1. The van der Waals surface area contributed by atoms with Crippen LogP contribution in [0.1, 0.15) is 45.6 Å². The van der Waals surface area contributed by atoms with Crippen LogP contribution in [0.5, 0.6) is 11.5 Å². The van der Waals surface area contributed by atoms with Crippen LogP contribution in [0.2, 0.25) is 0 Å². The van der Waals surface area contributed by atoms with E-state index < -0.39 is 26.7 Å². The molecule has 1 aliphatic carbocycles. The van der Waals surface area contributed by atoms with Crippen molar-refractivity contribution in [3.8, 4) is 22.8 Å². The van der Waals surface area contributed by atoms with Gasteiger partial charge in [0.05, 0.1) is 19.8 Å². The van der Waals surface area contributed by atoms with Gasteiger partial charge in [-0.05, 0) is 102 Å². The zero-order valence-electron chi connectivity index (χ0n) is 27.1. The molecule has 0 radical (unpaired) electrons. The maximum Gasteiger partial charge on any atom is 0.337 e. The number of nitrogens with zero attached hydrogens (tertiary/aromatic N) is 2. The van der Waals surface area contributed by atoms with Crippen LogP contribution in [-0.4, -0.2) is 42.6 Å². The van der Waals surface area contributed by atoms with Gasteiger partial charge in [-0.25, -0.2) is 17.6 Å². The topological polar surface area (TPSA) is 98.1 Å². The van der Waals surface area contributed by atoms with Crippen molar-refractivity contribution in [3.05, 3.63) is 135 Å². The summed E-state index contributed by atoms with van der Waals surface area (Å²) in [6, 6.07) is 27.5. The van der Waals surface area contributed by atoms with E-state index in [2.05, 4.69) is 15.9 Å². The van der Waals surface area contributed by atoms with Crippen LogP contribution in [0.4, 0.5) is 4.39 Å². The highest BCUT2D eigenvalue weighted by atomic mass is 79.9. The minimum atomic E-state index is -4.32. The molecule has 1 saturated carbocycles. The Morgan fingerprint density at radius 1 is 0.878 bits per heavy atom. The Morgan fingerprint density at radius 3 is 1.98 bits per heavy atom. The summed E-state index contributed by atoms with van der Waals surface area (Å²) in [6.07, 6.45) is 2.65. The molecule has 0 bridgehead atoms. The first kappa shape index (κ1) is 34.4. The predicted octanol–water partition coefficient (Wildman–Crippen LogP) is 8.16. The number of carbonyl (C=O) groups is 1. The van der Waals surface area contributed by atoms with Gasteiger partial charge >= 0.3 is 5.97 Å². The molecule has 0 spiro atoms. The maximum atomic E-state index is 16.1. The van der Waals surface area contributed by atoms with Crippen LogP contribution < -0.4 is 9.47 Å². The van der Waals surface area contributed by atoms with Gasteiger partial charge in [-0.1, -0.05) is 58.4 Å². The van der Waals surface area contributed by atoms with Gasteiger partial charge in [0.25, 0.3) is 0 Å². The molecule has 1 aromatic heterocycles. The van der Waals surface area contributed by atoms with E-state index in [9.17, 15) is 18.3 Å². The fourth-order valence-electron chi connectivity index (χ4n) is 5.93. The minimum absolute atomic E-state index is 0.00139. The molecule has 8 nitrogen and oxygen atoms in total. The number of hydrogen-bond acceptors (Lipinski definition) is 5. The standard InChI is InChI=1S/C38H36BrFN2O6S/c1-47-31-13-8-26(9-14-31)22-41(23-27-10-15-32(48-2)16-11-27)49(45,46)37-17-12-28(18-34(37)40)24-42-35(29-4-3-5-30(39)20-29)21-33(38(43)44)36(42)19-25-6-7-25/h3-5,8-18,20-21,25H,6-7,19,22-24H2,1-2H3,(H,43,44). The second-order valence-electron chi connectivity index (χ2n) is 12.2. The van der Waals surface area contributed by atoms with Crippen molar-refractivity contribution in [2.24, 2.45) is 5.92 Å². The first-order valence-electron chi connectivity index (χ1n) is 15.8. The lowest BCUT2D eigenvalue weighted by Crippen LogP contribution is -2.31. The number of halogens is 2. The van der Waals surface area contributed by atoms with E-state index in [4.69, 9.17) is 9.47 Å². The molecule has 0 amide bonds. The van der Waals surface area contributed by atoms with Crippen LogP contribution >= 0.6 is 15.9 Å². The summed E-state index contributed by atoms with van der Waals surface area (Å²) in [7, 11) is -1.21. The third-order valence-corrected chi connectivity index (χ3v) is 11.0. The van der Waals surface area contributed by atoms with E-state index in [1.807, 2.05) is 28.8 Å². The van der Waals surface area contributed by atoms with Gasteiger partial charge < -0.3 is 19.1 Å². The number of benzene rings is 4. The minimum Gasteiger partial charge on any atom is -0.497 e. The molecule has 6 rings (SSSR count). The number of rotatable bonds is 14. The molecule has 0 atom stereocenters. The predicted molar refractivity (Wildman–Crippen MR) is 189 cm³/mol. The Balaban J connectivity index is 1.35. The Hall–Kier alpha value is -4.45. The van der Waals surface area contributed by atoms with Crippen molar-refractivity contribution < 1.29 is 32.2 Å². The average Bonchev–Trinajstić information content (AvgIpc) is 3.84. The zero-order chi connectivity index (χ0) is 34.7. The van der Waals surface area contributed by atoms with Crippen molar-refractivity contribution >= 4 is 31.9 Å². The molecule has 1 N–H and O–H groups in total. The van der Waals surface area contributed by atoms with Gasteiger partial charge in [-0.15, -0.1) is 0 Å². The Labute approximate surface area is 293 Å². The molecule has 11 heteroatoms. The summed E-state index contributed by atoms with van der Waals surface area (Å²) in [4.78, 5) is 11.9. The number of methoxy groups -OCH3 is 2. The van der Waals surface area contributed by atoms with E-state index in [0.717, 1.165) is 22.9 Å². The van der Waals surface area contributed by atoms with Gasteiger partial charge in [0.2, 0.25) is 10.0 Å². The highest BCUT2D eigenvalue weighted by Crippen LogP contribution is 2.37. The van der Waals surface area contributed by atoms with Crippen molar-refractivity contribution in [1.82, 2.24) is 8.87 Å². The Bertz CT molecular complexity index is 2030. The largest absolute Gasteiger partial charge is 0.497 e.